The maximum Gasteiger partial charge on any atom is 0.225 e. The maximum atomic E-state index is 11.9. The summed E-state index contributed by atoms with van der Waals surface area (Å²) in [5.74, 6) is 0.0327. The standard InChI is InChI=1S/C16H27N3O2/c1-3-19(11-12-21-4-2)10-9-16(20)18-15-7-5-14(13-17)6-8-15/h5-8H,3-4,9-13,17H2,1-2H3,(H,18,20). The van der Waals surface area contributed by atoms with Crippen LogP contribution >= 0.6 is 0 Å². The minimum absolute atomic E-state index is 0.0327. The molecule has 1 rings (SSSR count). The van der Waals surface area contributed by atoms with E-state index in [4.69, 9.17) is 10.5 Å². The number of amides is 1. The molecule has 118 valence electrons. The zero-order valence-electron chi connectivity index (χ0n) is 13.1. The molecular weight excluding hydrogens is 266 g/mol. The average molecular weight is 293 g/mol. The molecule has 1 aromatic carbocycles. The van der Waals surface area contributed by atoms with Crippen molar-refractivity contribution < 1.29 is 9.53 Å². The molecule has 5 nitrogen and oxygen atoms in total. The van der Waals surface area contributed by atoms with Crippen LogP contribution < -0.4 is 11.1 Å². The van der Waals surface area contributed by atoms with Crippen LogP contribution in [-0.2, 0) is 16.1 Å². The van der Waals surface area contributed by atoms with Gasteiger partial charge in [-0.3, -0.25) is 4.79 Å². The molecule has 0 bridgehead atoms. The van der Waals surface area contributed by atoms with Crippen LogP contribution in [0.25, 0.3) is 0 Å². The minimum atomic E-state index is 0.0327. The summed E-state index contributed by atoms with van der Waals surface area (Å²) >= 11 is 0. The van der Waals surface area contributed by atoms with Crippen LogP contribution in [0.3, 0.4) is 0 Å². The molecule has 0 fully saturated rings. The van der Waals surface area contributed by atoms with E-state index >= 15 is 0 Å². The van der Waals surface area contributed by atoms with Gasteiger partial charge in [-0.15, -0.1) is 0 Å². The van der Waals surface area contributed by atoms with Crippen LogP contribution in [0.1, 0.15) is 25.8 Å². The number of nitrogens with two attached hydrogens (primary N) is 1. The predicted molar refractivity (Wildman–Crippen MR) is 86.2 cm³/mol. The minimum Gasteiger partial charge on any atom is -0.380 e. The number of likely N-dealkylation sites (N-methyl/N-ethyl adjacent to an activating group) is 1. The molecule has 0 saturated carbocycles. The summed E-state index contributed by atoms with van der Waals surface area (Å²) in [4.78, 5) is 14.1. The summed E-state index contributed by atoms with van der Waals surface area (Å²) in [5.41, 5.74) is 7.42. The van der Waals surface area contributed by atoms with Gasteiger partial charge in [-0.25, -0.2) is 0 Å². The number of ether oxygens (including phenoxy) is 1. The van der Waals surface area contributed by atoms with Crippen molar-refractivity contribution in [1.82, 2.24) is 4.90 Å². The predicted octanol–water partition coefficient (Wildman–Crippen LogP) is 1.83. The van der Waals surface area contributed by atoms with Crippen molar-refractivity contribution in [1.29, 1.82) is 0 Å². The van der Waals surface area contributed by atoms with Crippen molar-refractivity contribution in [3.63, 3.8) is 0 Å². The Labute approximate surface area is 127 Å². The molecule has 0 aliphatic heterocycles. The summed E-state index contributed by atoms with van der Waals surface area (Å²) < 4.78 is 5.34. The fourth-order valence-electron chi connectivity index (χ4n) is 1.97. The molecule has 0 unspecified atom stereocenters. The van der Waals surface area contributed by atoms with Gasteiger partial charge >= 0.3 is 0 Å². The second-order valence-electron chi connectivity index (χ2n) is 4.83. The van der Waals surface area contributed by atoms with E-state index in [0.717, 1.165) is 37.5 Å². The van der Waals surface area contributed by atoms with Gasteiger partial charge in [0.1, 0.15) is 0 Å². The third kappa shape index (κ3) is 7.22. The molecule has 0 aromatic heterocycles. The Morgan fingerprint density at radius 2 is 1.95 bits per heavy atom. The summed E-state index contributed by atoms with van der Waals surface area (Å²) in [6.07, 6.45) is 0.485. The molecule has 0 aliphatic carbocycles. The van der Waals surface area contributed by atoms with E-state index in [-0.39, 0.29) is 5.91 Å². The van der Waals surface area contributed by atoms with Crippen molar-refractivity contribution >= 4 is 11.6 Å². The smallest absolute Gasteiger partial charge is 0.225 e. The highest BCUT2D eigenvalue weighted by atomic mass is 16.5. The Hall–Kier alpha value is -1.43. The first-order chi connectivity index (χ1) is 10.2. The first-order valence-electron chi connectivity index (χ1n) is 7.58. The normalized spacial score (nSPS) is 10.9. The van der Waals surface area contributed by atoms with Crippen LogP contribution in [0.15, 0.2) is 24.3 Å². The highest BCUT2D eigenvalue weighted by Gasteiger charge is 2.07. The van der Waals surface area contributed by atoms with Crippen LogP contribution in [-0.4, -0.2) is 43.7 Å². The SMILES string of the molecule is CCOCCN(CC)CCC(=O)Nc1ccc(CN)cc1. The van der Waals surface area contributed by atoms with E-state index in [2.05, 4.69) is 17.1 Å². The molecule has 3 N–H and O–H groups in total. The third-order valence-electron chi connectivity index (χ3n) is 3.33. The van der Waals surface area contributed by atoms with E-state index in [1.807, 2.05) is 31.2 Å². The highest BCUT2D eigenvalue weighted by Crippen LogP contribution is 2.09. The second-order valence-corrected chi connectivity index (χ2v) is 4.83. The van der Waals surface area contributed by atoms with E-state index in [1.54, 1.807) is 0 Å². The van der Waals surface area contributed by atoms with Crippen molar-refractivity contribution in [3.8, 4) is 0 Å². The monoisotopic (exact) mass is 293 g/mol. The molecule has 1 amide bonds. The van der Waals surface area contributed by atoms with Gasteiger partial charge in [-0.2, -0.15) is 0 Å². The van der Waals surface area contributed by atoms with Gasteiger partial charge in [-0.1, -0.05) is 19.1 Å². The quantitative estimate of drug-likeness (QED) is 0.646. The maximum absolute atomic E-state index is 11.9. The zero-order chi connectivity index (χ0) is 15.5. The van der Waals surface area contributed by atoms with Gasteiger partial charge in [0.15, 0.2) is 0 Å². The van der Waals surface area contributed by atoms with Crippen LogP contribution in [0.2, 0.25) is 0 Å². The molecular formula is C16H27N3O2. The molecule has 0 aliphatic rings. The van der Waals surface area contributed by atoms with Crippen molar-refractivity contribution in [2.24, 2.45) is 5.73 Å². The summed E-state index contributed by atoms with van der Waals surface area (Å²) in [7, 11) is 0. The second kappa shape index (κ2) is 10.3. The molecule has 0 saturated heterocycles. The molecule has 5 heteroatoms. The van der Waals surface area contributed by atoms with E-state index in [9.17, 15) is 4.79 Å². The van der Waals surface area contributed by atoms with Crippen molar-refractivity contribution in [2.75, 3.05) is 38.2 Å². The lowest BCUT2D eigenvalue weighted by Gasteiger charge is -2.19. The first-order valence-corrected chi connectivity index (χ1v) is 7.58. The lowest BCUT2D eigenvalue weighted by atomic mass is 10.2. The zero-order valence-corrected chi connectivity index (χ0v) is 13.1. The Morgan fingerprint density at radius 1 is 1.24 bits per heavy atom. The molecule has 0 spiro atoms. The number of rotatable bonds is 10. The van der Waals surface area contributed by atoms with Crippen molar-refractivity contribution in [3.05, 3.63) is 29.8 Å². The van der Waals surface area contributed by atoms with Gasteiger partial charge in [-0.05, 0) is 31.2 Å². The lowest BCUT2D eigenvalue weighted by molar-refractivity contribution is -0.116. The number of carbonyl (C=O) groups excluding carboxylic acids is 1. The van der Waals surface area contributed by atoms with Crippen LogP contribution in [0, 0.1) is 0 Å². The summed E-state index contributed by atoms with van der Waals surface area (Å²) in [5, 5.41) is 2.90. The number of nitrogens with one attached hydrogen (secondary N) is 1. The van der Waals surface area contributed by atoms with Crippen molar-refractivity contribution in [2.45, 2.75) is 26.8 Å². The Bertz CT molecular complexity index is 406. The van der Waals surface area contributed by atoms with E-state index in [1.165, 1.54) is 0 Å². The number of hydrogen-bond donors (Lipinski definition) is 2. The summed E-state index contributed by atoms with van der Waals surface area (Å²) in [6, 6.07) is 7.62. The molecule has 0 radical (unpaired) electrons. The number of hydrogen-bond acceptors (Lipinski definition) is 4. The fraction of sp³-hybridized carbons (Fsp3) is 0.562. The molecule has 21 heavy (non-hydrogen) atoms. The Kier molecular flexibility index (Phi) is 8.66. The number of carbonyl (C=O) groups is 1. The van der Waals surface area contributed by atoms with E-state index < -0.39 is 0 Å². The number of benzene rings is 1. The van der Waals surface area contributed by atoms with Crippen LogP contribution in [0.5, 0.6) is 0 Å². The van der Waals surface area contributed by atoms with Gasteiger partial charge < -0.3 is 20.7 Å². The van der Waals surface area contributed by atoms with Gasteiger partial charge in [0, 0.05) is 38.3 Å². The topological polar surface area (TPSA) is 67.6 Å². The van der Waals surface area contributed by atoms with Gasteiger partial charge in [0.05, 0.1) is 6.61 Å². The molecule has 0 heterocycles. The van der Waals surface area contributed by atoms with Crippen LogP contribution in [0.4, 0.5) is 5.69 Å². The van der Waals surface area contributed by atoms with Gasteiger partial charge in [0.2, 0.25) is 5.91 Å². The largest absolute Gasteiger partial charge is 0.380 e. The molecule has 0 atom stereocenters. The number of anilines is 1. The lowest BCUT2D eigenvalue weighted by Crippen LogP contribution is -2.30. The summed E-state index contributed by atoms with van der Waals surface area (Å²) in [6.45, 7) is 8.57. The van der Waals surface area contributed by atoms with Gasteiger partial charge in [0.25, 0.3) is 0 Å². The fourth-order valence-corrected chi connectivity index (χ4v) is 1.97. The third-order valence-corrected chi connectivity index (χ3v) is 3.33. The first kappa shape index (κ1) is 17.6. The highest BCUT2D eigenvalue weighted by molar-refractivity contribution is 5.90. The Balaban J connectivity index is 2.31. The Morgan fingerprint density at radius 3 is 2.52 bits per heavy atom. The molecule has 1 aromatic rings. The average Bonchev–Trinajstić information content (AvgIpc) is 2.51. The van der Waals surface area contributed by atoms with E-state index in [0.29, 0.717) is 19.6 Å². The number of nitrogens with zero attached hydrogens (tertiary/aromatic N) is 1.